The molecule has 5 N–H and O–H groups in total. The van der Waals surface area contributed by atoms with Crippen molar-refractivity contribution in [2.75, 3.05) is 26.1 Å². The second-order valence-corrected chi connectivity index (χ2v) is 5.95. The molecule has 0 saturated carbocycles. The van der Waals surface area contributed by atoms with E-state index in [1.807, 2.05) is 0 Å². The molecule has 0 aliphatic carbocycles. The van der Waals surface area contributed by atoms with Crippen LogP contribution in [0.4, 0.5) is 5.69 Å². The van der Waals surface area contributed by atoms with Crippen LogP contribution in [0, 0.1) is 0 Å². The Labute approximate surface area is 154 Å². The largest absolute Gasteiger partial charge is 0.493 e. The zero-order valence-corrected chi connectivity index (χ0v) is 14.6. The van der Waals surface area contributed by atoms with Crippen LogP contribution in [-0.2, 0) is 14.3 Å². The zero-order chi connectivity index (χ0) is 19.7. The molecule has 0 aromatic heterocycles. The maximum atomic E-state index is 12.3. The lowest BCUT2D eigenvalue weighted by Crippen LogP contribution is -2.60. The van der Waals surface area contributed by atoms with E-state index in [1.165, 1.54) is 14.2 Å². The molecule has 0 spiro atoms. The number of hydrogen-bond donors (Lipinski definition) is 5. The van der Waals surface area contributed by atoms with Gasteiger partial charge in [-0.3, -0.25) is 4.79 Å². The summed E-state index contributed by atoms with van der Waals surface area (Å²) in [7, 11) is 2.83. The molecule has 2 aliphatic heterocycles. The lowest BCUT2D eigenvalue weighted by Gasteiger charge is -2.40. The molecule has 150 valence electrons. The van der Waals surface area contributed by atoms with Gasteiger partial charge < -0.3 is 49.4 Å². The molecular weight excluding hydrogens is 366 g/mol. The summed E-state index contributed by atoms with van der Waals surface area (Å²) in [5, 5.41) is 41.4. The molecule has 1 aromatic carbocycles. The summed E-state index contributed by atoms with van der Waals surface area (Å²) in [4.78, 5) is 12.3. The van der Waals surface area contributed by atoms with Crippen LogP contribution < -0.4 is 19.5 Å². The number of carbonyl (C=O) groups is 1. The summed E-state index contributed by atoms with van der Waals surface area (Å²) in [5.41, 5.74) is 0.325. The van der Waals surface area contributed by atoms with E-state index in [2.05, 4.69) is 5.32 Å². The van der Waals surface area contributed by atoms with Crippen LogP contribution in [0.25, 0.3) is 0 Å². The highest BCUT2D eigenvalue weighted by molar-refractivity contribution is 5.98. The van der Waals surface area contributed by atoms with Crippen LogP contribution >= 0.6 is 0 Å². The first kappa shape index (κ1) is 19.6. The third kappa shape index (κ3) is 3.52. The Bertz CT molecular complexity index is 696. The first-order chi connectivity index (χ1) is 12.9. The fraction of sp³-hybridized carbons (Fsp3) is 0.562. The SMILES string of the molecule is COc1ccc2c(c1OC)OC(OC1O[C@H](CO)[C@@H](O)[C@H](O)[C@H]1O)C(=O)N2. The van der Waals surface area contributed by atoms with E-state index in [0.29, 0.717) is 11.4 Å². The van der Waals surface area contributed by atoms with Crippen molar-refractivity contribution >= 4 is 11.6 Å². The molecule has 0 bridgehead atoms. The molecule has 11 heteroatoms. The molecular formula is C16H21NO10. The average molecular weight is 387 g/mol. The van der Waals surface area contributed by atoms with E-state index in [4.69, 9.17) is 23.7 Å². The van der Waals surface area contributed by atoms with Crippen LogP contribution in [0.2, 0.25) is 0 Å². The first-order valence-electron chi connectivity index (χ1n) is 8.09. The first-order valence-corrected chi connectivity index (χ1v) is 8.09. The van der Waals surface area contributed by atoms with Crippen molar-refractivity contribution in [3.63, 3.8) is 0 Å². The molecule has 3 rings (SSSR count). The van der Waals surface area contributed by atoms with Gasteiger partial charge in [-0.25, -0.2) is 0 Å². The smallest absolute Gasteiger partial charge is 0.294 e. The molecule has 2 aliphatic rings. The van der Waals surface area contributed by atoms with Gasteiger partial charge in [-0.05, 0) is 12.1 Å². The number of fused-ring (bicyclic) bond motifs is 1. The number of nitrogens with one attached hydrogen (secondary N) is 1. The zero-order valence-electron chi connectivity index (χ0n) is 14.6. The van der Waals surface area contributed by atoms with Crippen molar-refractivity contribution in [1.29, 1.82) is 0 Å². The summed E-state index contributed by atoms with van der Waals surface area (Å²) in [5.74, 6) is 0.0362. The van der Waals surface area contributed by atoms with Gasteiger partial charge in [0, 0.05) is 0 Å². The fourth-order valence-electron chi connectivity index (χ4n) is 2.86. The number of carbonyl (C=O) groups excluding carboxylic acids is 1. The Hall–Kier alpha value is -2.15. The minimum Gasteiger partial charge on any atom is -0.493 e. The molecule has 11 nitrogen and oxygen atoms in total. The molecule has 0 radical (unpaired) electrons. The summed E-state index contributed by atoms with van der Waals surface area (Å²) in [6.07, 6.45) is -9.13. The normalized spacial score (nSPS) is 32.9. The van der Waals surface area contributed by atoms with Gasteiger partial charge >= 0.3 is 0 Å². The predicted molar refractivity (Wildman–Crippen MR) is 87.4 cm³/mol. The molecule has 6 atom stereocenters. The predicted octanol–water partition coefficient (Wildman–Crippen LogP) is -1.82. The number of rotatable bonds is 5. The van der Waals surface area contributed by atoms with E-state index in [0.717, 1.165) is 0 Å². The molecule has 1 aromatic rings. The van der Waals surface area contributed by atoms with Gasteiger partial charge in [0.1, 0.15) is 24.4 Å². The number of anilines is 1. The van der Waals surface area contributed by atoms with Crippen LogP contribution in [0.5, 0.6) is 17.2 Å². The summed E-state index contributed by atoms with van der Waals surface area (Å²) in [6, 6.07) is 3.14. The van der Waals surface area contributed by atoms with Crippen LogP contribution in [0.15, 0.2) is 12.1 Å². The van der Waals surface area contributed by atoms with Crippen LogP contribution in [0.1, 0.15) is 0 Å². The Morgan fingerprint density at radius 3 is 2.48 bits per heavy atom. The van der Waals surface area contributed by atoms with E-state index in [-0.39, 0.29) is 11.5 Å². The number of benzene rings is 1. The highest BCUT2D eigenvalue weighted by atomic mass is 16.8. The molecule has 1 fully saturated rings. The van der Waals surface area contributed by atoms with Gasteiger partial charge in [-0.2, -0.15) is 0 Å². The van der Waals surface area contributed by atoms with Gasteiger partial charge in [-0.15, -0.1) is 0 Å². The molecule has 1 saturated heterocycles. The molecule has 2 heterocycles. The van der Waals surface area contributed by atoms with Crippen molar-refractivity contribution < 1.29 is 48.9 Å². The number of hydrogen-bond acceptors (Lipinski definition) is 10. The lowest BCUT2D eigenvalue weighted by atomic mass is 9.99. The standard InChI is InChI=1S/C16H21NO10/c1-23-7-4-3-6-12(13(7)24-2)26-16(14(22)17-6)27-15-11(21)10(20)9(19)8(5-18)25-15/h3-4,8-11,15-16,18-21H,5H2,1-2H3,(H,17,22)/t8-,9-,10+,11-,15?,16?/m1/s1. The fourth-order valence-corrected chi connectivity index (χ4v) is 2.86. The van der Waals surface area contributed by atoms with Gasteiger partial charge in [-0.1, -0.05) is 0 Å². The van der Waals surface area contributed by atoms with E-state index in [1.54, 1.807) is 12.1 Å². The number of aliphatic hydroxyl groups excluding tert-OH is 4. The third-order valence-electron chi connectivity index (χ3n) is 4.30. The quantitative estimate of drug-likeness (QED) is 0.390. The summed E-state index contributed by atoms with van der Waals surface area (Å²) in [6.45, 7) is -0.629. The van der Waals surface area contributed by atoms with Gasteiger partial charge in [0.2, 0.25) is 5.75 Å². The Morgan fingerprint density at radius 1 is 1.11 bits per heavy atom. The average Bonchev–Trinajstić information content (AvgIpc) is 2.67. The molecule has 1 amide bonds. The summed E-state index contributed by atoms with van der Waals surface area (Å²) >= 11 is 0. The number of methoxy groups -OCH3 is 2. The summed E-state index contributed by atoms with van der Waals surface area (Å²) < 4.78 is 26.6. The monoisotopic (exact) mass is 387 g/mol. The Balaban J connectivity index is 1.82. The van der Waals surface area contributed by atoms with Crippen molar-refractivity contribution in [2.24, 2.45) is 0 Å². The molecule has 2 unspecified atom stereocenters. The molecule has 27 heavy (non-hydrogen) atoms. The maximum absolute atomic E-state index is 12.3. The van der Waals surface area contributed by atoms with Crippen LogP contribution in [0.3, 0.4) is 0 Å². The van der Waals surface area contributed by atoms with Crippen LogP contribution in [-0.4, -0.2) is 84.2 Å². The van der Waals surface area contributed by atoms with Crippen molar-refractivity contribution in [3.8, 4) is 17.2 Å². The minimum atomic E-state index is -1.67. The Kier molecular flexibility index (Phi) is 5.69. The number of ether oxygens (including phenoxy) is 5. The minimum absolute atomic E-state index is 0.144. The van der Waals surface area contributed by atoms with Gasteiger partial charge in [0.15, 0.2) is 17.8 Å². The number of amides is 1. The van der Waals surface area contributed by atoms with Gasteiger partial charge in [0.25, 0.3) is 12.2 Å². The van der Waals surface area contributed by atoms with E-state index in [9.17, 15) is 25.2 Å². The van der Waals surface area contributed by atoms with E-state index < -0.39 is 49.5 Å². The van der Waals surface area contributed by atoms with Crippen molar-refractivity contribution in [1.82, 2.24) is 0 Å². The Morgan fingerprint density at radius 2 is 1.85 bits per heavy atom. The highest BCUT2D eigenvalue weighted by Crippen LogP contribution is 2.45. The lowest BCUT2D eigenvalue weighted by molar-refractivity contribution is -0.322. The van der Waals surface area contributed by atoms with Gasteiger partial charge in [0.05, 0.1) is 26.5 Å². The number of aliphatic hydroxyl groups is 4. The van der Waals surface area contributed by atoms with Crippen molar-refractivity contribution in [3.05, 3.63) is 12.1 Å². The maximum Gasteiger partial charge on any atom is 0.294 e. The van der Waals surface area contributed by atoms with E-state index >= 15 is 0 Å². The second-order valence-electron chi connectivity index (χ2n) is 5.95. The highest BCUT2D eigenvalue weighted by Gasteiger charge is 2.46. The topological polar surface area (TPSA) is 156 Å². The van der Waals surface area contributed by atoms with Crippen molar-refractivity contribution in [2.45, 2.75) is 37.0 Å². The third-order valence-corrected chi connectivity index (χ3v) is 4.30. The second kappa shape index (κ2) is 7.84.